The first-order valence-electron chi connectivity index (χ1n) is 10.1. The standard InChI is InChI=1S/C20H25N5OS/c1-2-3-7-21-18-17-16(22-12-23-18)15-13-5-4-6-14(13)19(24-20(15)27-17)25-8-10-26-11-9-25/h12H,2-11H2,1H3,(H,21,22,23)/p+1. The molecule has 0 aromatic carbocycles. The van der Waals surface area contributed by atoms with Crippen LogP contribution in [-0.4, -0.2) is 42.8 Å². The van der Waals surface area contributed by atoms with Gasteiger partial charge in [0.15, 0.2) is 4.83 Å². The fourth-order valence-electron chi connectivity index (χ4n) is 4.31. The van der Waals surface area contributed by atoms with E-state index in [1.54, 1.807) is 17.7 Å². The average Bonchev–Trinajstić information content (AvgIpc) is 3.32. The monoisotopic (exact) mass is 384 g/mol. The number of unbranched alkanes of at least 4 members (excludes halogenated alkanes) is 1. The van der Waals surface area contributed by atoms with Gasteiger partial charge in [-0.05, 0) is 31.2 Å². The van der Waals surface area contributed by atoms with Crippen LogP contribution in [-0.2, 0) is 17.6 Å². The molecule has 7 heteroatoms. The lowest BCUT2D eigenvalue weighted by Crippen LogP contribution is -2.40. The van der Waals surface area contributed by atoms with Gasteiger partial charge in [0.25, 0.3) is 5.82 Å². The predicted molar refractivity (Wildman–Crippen MR) is 110 cm³/mol. The number of anilines is 2. The average molecular weight is 385 g/mol. The van der Waals surface area contributed by atoms with Gasteiger partial charge >= 0.3 is 0 Å². The van der Waals surface area contributed by atoms with E-state index in [1.165, 1.54) is 44.7 Å². The van der Waals surface area contributed by atoms with Gasteiger partial charge in [0.2, 0.25) is 0 Å². The highest BCUT2D eigenvalue weighted by Gasteiger charge is 2.31. The molecule has 2 aliphatic rings. The van der Waals surface area contributed by atoms with Gasteiger partial charge in [-0.15, -0.1) is 0 Å². The smallest absolute Gasteiger partial charge is 0.279 e. The van der Waals surface area contributed by atoms with Gasteiger partial charge in [-0.3, -0.25) is 4.90 Å². The number of morpholine rings is 1. The molecule has 27 heavy (non-hydrogen) atoms. The molecule has 5 rings (SSSR count). The fraction of sp³-hybridized carbons (Fsp3) is 0.550. The molecule has 0 amide bonds. The molecule has 0 saturated carbocycles. The fourth-order valence-corrected chi connectivity index (χ4v) is 5.45. The van der Waals surface area contributed by atoms with Crippen LogP contribution in [0.5, 0.6) is 0 Å². The van der Waals surface area contributed by atoms with E-state index in [-0.39, 0.29) is 0 Å². The highest BCUT2D eigenvalue weighted by Crippen LogP contribution is 2.41. The Hall–Kier alpha value is -1.99. The van der Waals surface area contributed by atoms with Gasteiger partial charge in [0.05, 0.1) is 24.1 Å². The summed E-state index contributed by atoms with van der Waals surface area (Å²) in [6, 6.07) is 0. The molecule has 6 nitrogen and oxygen atoms in total. The van der Waals surface area contributed by atoms with Crippen LogP contribution in [0.25, 0.3) is 20.4 Å². The van der Waals surface area contributed by atoms with Crippen molar-refractivity contribution in [2.75, 3.05) is 43.1 Å². The number of hydrogen-bond acceptors (Lipinski definition) is 6. The maximum atomic E-state index is 5.56. The summed E-state index contributed by atoms with van der Waals surface area (Å²) in [4.78, 5) is 16.7. The molecular formula is C20H26N5OS+. The summed E-state index contributed by atoms with van der Waals surface area (Å²) >= 11 is 1.79. The lowest BCUT2D eigenvalue weighted by Gasteiger charge is -2.23. The van der Waals surface area contributed by atoms with Gasteiger partial charge in [-0.2, -0.15) is 0 Å². The number of aromatic nitrogens is 3. The molecule has 0 spiro atoms. The van der Waals surface area contributed by atoms with Crippen LogP contribution in [0, 0.1) is 0 Å². The zero-order valence-electron chi connectivity index (χ0n) is 15.8. The number of fused-ring (bicyclic) bond motifs is 5. The Labute approximate surface area is 163 Å². The number of aryl methyl sites for hydroxylation is 1. The first kappa shape index (κ1) is 17.1. The number of aromatic amines is 1. The number of thiophene rings is 1. The number of pyridine rings is 1. The van der Waals surface area contributed by atoms with Gasteiger partial charge in [0, 0.05) is 12.1 Å². The summed E-state index contributed by atoms with van der Waals surface area (Å²) in [5.74, 6) is 2.28. The van der Waals surface area contributed by atoms with Crippen LogP contribution in [0.4, 0.5) is 11.6 Å². The zero-order valence-corrected chi connectivity index (χ0v) is 16.6. The molecule has 0 unspecified atom stereocenters. The maximum Gasteiger partial charge on any atom is 0.279 e. The Kier molecular flexibility index (Phi) is 4.57. The summed E-state index contributed by atoms with van der Waals surface area (Å²) in [6.45, 7) is 6.71. The van der Waals surface area contributed by atoms with E-state index in [4.69, 9.17) is 4.74 Å². The van der Waals surface area contributed by atoms with E-state index >= 15 is 0 Å². The van der Waals surface area contributed by atoms with Crippen LogP contribution in [0.1, 0.15) is 37.3 Å². The third-order valence-corrected chi connectivity index (χ3v) is 6.76. The van der Waals surface area contributed by atoms with Crippen LogP contribution < -0.4 is 15.2 Å². The highest BCUT2D eigenvalue weighted by atomic mass is 32.1. The van der Waals surface area contributed by atoms with Crippen LogP contribution >= 0.6 is 11.3 Å². The van der Waals surface area contributed by atoms with Crippen LogP contribution in [0.2, 0.25) is 0 Å². The van der Waals surface area contributed by atoms with Gasteiger partial charge < -0.3 is 10.1 Å². The minimum Gasteiger partial charge on any atom is -0.373 e. The molecule has 3 aromatic heterocycles. The van der Waals surface area contributed by atoms with Crippen molar-refractivity contribution in [1.29, 1.82) is 0 Å². The first-order chi connectivity index (χ1) is 13.4. The minimum absolute atomic E-state index is 0.810. The van der Waals surface area contributed by atoms with Crippen molar-refractivity contribution in [3.63, 3.8) is 0 Å². The molecule has 1 fully saturated rings. The van der Waals surface area contributed by atoms with E-state index in [1.807, 2.05) is 0 Å². The molecule has 0 radical (unpaired) electrons. The molecule has 0 atom stereocenters. The number of rotatable bonds is 5. The number of nitrogens with zero attached hydrogens (tertiary/aromatic N) is 3. The largest absolute Gasteiger partial charge is 0.373 e. The van der Waals surface area contributed by atoms with Crippen molar-refractivity contribution in [1.82, 2.24) is 9.97 Å². The zero-order chi connectivity index (χ0) is 18.2. The molecule has 2 N–H and O–H groups in total. The van der Waals surface area contributed by atoms with Crippen molar-refractivity contribution >= 4 is 43.4 Å². The third kappa shape index (κ3) is 2.93. The Morgan fingerprint density at radius 1 is 1.22 bits per heavy atom. The minimum atomic E-state index is 0.810. The summed E-state index contributed by atoms with van der Waals surface area (Å²) in [6.07, 6.45) is 7.56. The van der Waals surface area contributed by atoms with E-state index in [0.717, 1.165) is 63.4 Å². The lowest BCUT2D eigenvalue weighted by molar-refractivity contribution is -0.328. The summed E-state index contributed by atoms with van der Waals surface area (Å²) in [7, 11) is 0. The summed E-state index contributed by atoms with van der Waals surface area (Å²) in [5, 5.41) is 4.83. The second-order valence-corrected chi connectivity index (χ2v) is 8.39. The van der Waals surface area contributed by atoms with E-state index < -0.39 is 0 Å². The Balaban J connectivity index is 1.66. The van der Waals surface area contributed by atoms with Gasteiger partial charge in [-0.1, -0.05) is 24.7 Å². The van der Waals surface area contributed by atoms with Crippen molar-refractivity contribution in [2.45, 2.75) is 39.0 Å². The van der Waals surface area contributed by atoms with E-state index in [0.29, 0.717) is 0 Å². The normalized spacial score (nSPS) is 17.0. The van der Waals surface area contributed by atoms with Crippen molar-refractivity contribution in [3.8, 4) is 0 Å². The highest BCUT2D eigenvalue weighted by molar-refractivity contribution is 7.25. The first-order valence-corrected chi connectivity index (χ1v) is 10.9. The number of nitrogens with one attached hydrogen (secondary N) is 2. The number of hydrogen-bond donors (Lipinski definition) is 1. The van der Waals surface area contributed by atoms with Crippen LogP contribution in [0.15, 0.2) is 6.33 Å². The summed E-state index contributed by atoms with van der Waals surface area (Å²) < 4.78 is 6.73. The van der Waals surface area contributed by atoms with Crippen molar-refractivity contribution < 1.29 is 9.72 Å². The van der Waals surface area contributed by atoms with Crippen LogP contribution in [0.3, 0.4) is 0 Å². The van der Waals surface area contributed by atoms with E-state index in [9.17, 15) is 0 Å². The molecule has 3 aromatic rings. The topological polar surface area (TPSA) is 64.4 Å². The third-order valence-electron chi connectivity index (χ3n) is 5.66. The van der Waals surface area contributed by atoms with Gasteiger partial charge in [-0.25, -0.2) is 15.0 Å². The second-order valence-electron chi connectivity index (χ2n) is 7.37. The Morgan fingerprint density at radius 3 is 2.93 bits per heavy atom. The number of H-pyrrole nitrogens is 1. The van der Waals surface area contributed by atoms with E-state index in [2.05, 4.69) is 32.1 Å². The molecule has 1 saturated heterocycles. The second kappa shape index (κ2) is 7.20. The molecule has 0 bridgehead atoms. The predicted octanol–water partition coefficient (Wildman–Crippen LogP) is 3.20. The van der Waals surface area contributed by atoms with Crippen molar-refractivity contribution in [3.05, 3.63) is 17.5 Å². The maximum absolute atomic E-state index is 5.56. The summed E-state index contributed by atoms with van der Waals surface area (Å²) in [5.41, 5.74) is 4.09. The molecular weight excluding hydrogens is 358 g/mol. The molecule has 4 heterocycles. The number of ether oxygens (including phenoxy) is 1. The molecule has 142 valence electrons. The molecule has 1 aliphatic carbocycles. The van der Waals surface area contributed by atoms with Crippen molar-refractivity contribution in [2.24, 2.45) is 0 Å². The SMILES string of the molecule is CCCCNc1ncnc2c1sc1[nH+]c(N3CCOCC3)c3c(c12)CCC3. The van der Waals surface area contributed by atoms with Gasteiger partial charge in [0.1, 0.15) is 29.9 Å². The lowest BCUT2D eigenvalue weighted by atomic mass is 10.1. The quantitative estimate of drug-likeness (QED) is 0.685. The Bertz CT molecular complexity index is 980. The molecule has 1 aliphatic heterocycles. The Morgan fingerprint density at radius 2 is 2.07 bits per heavy atom.